The molecule has 0 aromatic heterocycles. The minimum absolute atomic E-state index is 0.110. The van der Waals surface area contributed by atoms with Crippen molar-refractivity contribution >= 4 is 6.29 Å². The summed E-state index contributed by atoms with van der Waals surface area (Å²) in [5.41, 5.74) is 6.76. The number of benzene rings is 4. The van der Waals surface area contributed by atoms with E-state index in [1.807, 2.05) is 30.3 Å². The van der Waals surface area contributed by atoms with Crippen molar-refractivity contribution in [2.24, 2.45) is 0 Å². The molecule has 0 atom stereocenters. The second-order valence-corrected chi connectivity index (χ2v) is 10.6. The lowest BCUT2D eigenvalue weighted by Crippen LogP contribution is -2.28. The van der Waals surface area contributed by atoms with Gasteiger partial charge in [0.2, 0.25) is 0 Å². The van der Waals surface area contributed by atoms with Gasteiger partial charge in [0.05, 0.1) is 0 Å². The van der Waals surface area contributed by atoms with Crippen molar-refractivity contribution in [2.45, 2.75) is 45.7 Å². The van der Waals surface area contributed by atoms with Gasteiger partial charge in [-0.1, -0.05) is 118 Å². The Bertz CT molecular complexity index is 1220. The van der Waals surface area contributed by atoms with E-state index in [0.29, 0.717) is 18.6 Å². The van der Waals surface area contributed by atoms with Crippen molar-refractivity contribution in [1.82, 2.24) is 4.90 Å². The Morgan fingerprint density at radius 1 is 0.703 bits per heavy atom. The molecule has 0 saturated carbocycles. The first-order valence-electron chi connectivity index (χ1n) is 13.0. The van der Waals surface area contributed by atoms with Crippen LogP contribution in [0.15, 0.2) is 103 Å². The molecule has 4 aromatic carbocycles. The maximum absolute atomic E-state index is 11.9. The fourth-order valence-corrected chi connectivity index (χ4v) is 4.53. The molecular formula is C34H37NO2. The van der Waals surface area contributed by atoms with Crippen LogP contribution in [0.4, 0.5) is 0 Å². The summed E-state index contributed by atoms with van der Waals surface area (Å²) in [5, 5.41) is 0. The second kappa shape index (κ2) is 12.5. The van der Waals surface area contributed by atoms with Gasteiger partial charge in [-0.15, -0.1) is 0 Å². The summed E-state index contributed by atoms with van der Waals surface area (Å²) in [6, 6.07) is 35.5. The standard InChI is InChI=1S/C34H37NO2/c1-34(2,3)31-19-17-27(18-20-31)23-32-30(26-36)15-10-16-33(32)37-22-21-35(24-28-11-6-4-7-12-28)25-29-13-8-5-9-14-29/h4-20,26H,21-25H2,1-3H3. The van der Waals surface area contributed by atoms with Crippen LogP contribution in [0.25, 0.3) is 0 Å². The Kier molecular flexibility index (Phi) is 8.92. The number of hydrogen-bond donors (Lipinski definition) is 0. The predicted octanol–water partition coefficient (Wildman–Crippen LogP) is 7.47. The molecule has 3 nitrogen and oxygen atoms in total. The highest BCUT2D eigenvalue weighted by molar-refractivity contribution is 5.79. The predicted molar refractivity (Wildman–Crippen MR) is 152 cm³/mol. The Morgan fingerprint density at radius 3 is 1.84 bits per heavy atom. The fraction of sp³-hybridized carbons (Fsp3) is 0.265. The van der Waals surface area contributed by atoms with Crippen molar-refractivity contribution in [3.63, 3.8) is 0 Å². The lowest BCUT2D eigenvalue weighted by molar-refractivity contribution is 0.112. The molecule has 190 valence electrons. The summed E-state index contributed by atoms with van der Waals surface area (Å²) in [4.78, 5) is 14.3. The summed E-state index contributed by atoms with van der Waals surface area (Å²) in [5.74, 6) is 0.781. The van der Waals surface area contributed by atoms with E-state index in [1.54, 1.807) is 0 Å². The molecule has 0 aliphatic heterocycles. The average Bonchev–Trinajstić information content (AvgIpc) is 2.90. The quantitative estimate of drug-likeness (QED) is 0.204. The zero-order valence-electron chi connectivity index (χ0n) is 22.2. The van der Waals surface area contributed by atoms with Crippen molar-refractivity contribution in [3.8, 4) is 5.75 Å². The molecule has 0 heterocycles. The van der Waals surface area contributed by atoms with Crippen molar-refractivity contribution < 1.29 is 9.53 Å². The Labute approximate surface area is 221 Å². The molecule has 0 bridgehead atoms. The molecule has 0 N–H and O–H groups in total. The van der Waals surface area contributed by atoms with E-state index in [0.717, 1.165) is 37.2 Å². The molecular weight excluding hydrogens is 454 g/mol. The molecule has 0 amide bonds. The van der Waals surface area contributed by atoms with Gasteiger partial charge in [0.15, 0.2) is 0 Å². The lowest BCUT2D eigenvalue weighted by Gasteiger charge is -2.23. The average molecular weight is 492 g/mol. The fourth-order valence-electron chi connectivity index (χ4n) is 4.53. The largest absolute Gasteiger partial charge is 0.492 e. The van der Waals surface area contributed by atoms with Crippen LogP contribution < -0.4 is 4.74 Å². The van der Waals surface area contributed by atoms with Gasteiger partial charge < -0.3 is 4.74 Å². The summed E-state index contributed by atoms with van der Waals surface area (Å²) in [7, 11) is 0. The van der Waals surface area contributed by atoms with Gasteiger partial charge in [-0.3, -0.25) is 9.69 Å². The monoisotopic (exact) mass is 491 g/mol. The highest BCUT2D eigenvalue weighted by Crippen LogP contribution is 2.27. The van der Waals surface area contributed by atoms with Gasteiger partial charge in [-0.2, -0.15) is 0 Å². The van der Waals surface area contributed by atoms with Crippen molar-refractivity contribution in [1.29, 1.82) is 0 Å². The van der Waals surface area contributed by atoms with E-state index in [4.69, 9.17) is 4.74 Å². The molecule has 0 unspecified atom stereocenters. The first-order valence-corrected chi connectivity index (χ1v) is 13.0. The van der Waals surface area contributed by atoms with Crippen molar-refractivity contribution in [2.75, 3.05) is 13.2 Å². The number of ether oxygens (including phenoxy) is 1. The van der Waals surface area contributed by atoms with Gasteiger partial charge in [0.25, 0.3) is 0 Å². The van der Waals surface area contributed by atoms with Gasteiger partial charge in [-0.05, 0) is 33.7 Å². The normalized spacial score (nSPS) is 11.5. The SMILES string of the molecule is CC(C)(C)c1ccc(Cc2c(C=O)cccc2OCCN(Cc2ccccc2)Cc2ccccc2)cc1. The molecule has 4 aromatic rings. The van der Waals surface area contributed by atoms with Crippen LogP contribution in [-0.4, -0.2) is 24.3 Å². The molecule has 0 spiro atoms. The Balaban J connectivity index is 1.47. The van der Waals surface area contributed by atoms with E-state index < -0.39 is 0 Å². The van der Waals surface area contributed by atoms with Crippen LogP contribution in [0.5, 0.6) is 5.75 Å². The summed E-state index contributed by atoms with van der Waals surface area (Å²) >= 11 is 0. The Hall–Kier alpha value is -3.69. The minimum atomic E-state index is 0.110. The zero-order chi connectivity index (χ0) is 26.1. The summed E-state index contributed by atoms with van der Waals surface area (Å²) in [6.45, 7) is 9.66. The van der Waals surface area contributed by atoms with E-state index in [2.05, 4.69) is 98.5 Å². The number of aldehydes is 1. The zero-order valence-corrected chi connectivity index (χ0v) is 22.2. The van der Waals surface area contributed by atoms with E-state index in [9.17, 15) is 4.79 Å². The number of nitrogens with zero attached hydrogens (tertiary/aromatic N) is 1. The van der Waals surface area contributed by atoms with E-state index in [1.165, 1.54) is 22.3 Å². The summed E-state index contributed by atoms with van der Waals surface area (Å²) in [6.07, 6.45) is 1.59. The van der Waals surface area contributed by atoms with E-state index >= 15 is 0 Å². The number of carbonyl (C=O) groups excluding carboxylic acids is 1. The van der Waals surface area contributed by atoms with Crippen LogP contribution in [0, 0.1) is 0 Å². The van der Waals surface area contributed by atoms with Crippen molar-refractivity contribution in [3.05, 3.63) is 137 Å². The number of hydrogen-bond acceptors (Lipinski definition) is 3. The molecule has 0 saturated heterocycles. The molecule has 0 aliphatic carbocycles. The van der Waals surface area contributed by atoms with Crippen LogP contribution >= 0.6 is 0 Å². The maximum Gasteiger partial charge on any atom is 0.150 e. The first-order chi connectivity index (χ1) is 17.9. The maximum atomic E-state index is 11.9. The molecule has 0 aliphatic rings. The van der Waals surface area contributed by atoms with Gasteiger partial charge in [0, 0.05) is 37.2 Å². The first kappa shape index (κ1) is 26.4. The number of rotatable bonds is 11. The van der Waals surface area contributed by atoms with Gasteiger partial charge >= 0.3 is 0 Å². The minimum Gasteiger partial charge on any atom is -0.492 e. The molecule has 3 heteroatoms. The second-order valence-electron chi connectivity index (χ2n) is 10.6. The summed E-state index contributed by atoms with van der Waals surface area (Å²) < 4.78 is 6.34. The third kappa shape index (κ3) is 7.65. The molecule has 0 fully saturated rings. The van der Waals surface area contributed by atoms with Gasteiger partial charge in [0.1, 0.15) is 18.6 Å². The molecule has 4 rings (SSSR count). The van der Waals surface area contributed by atoms with Crippen LogP contribution in [0.2, 0.25) is 0 Å². The third-order valence-corrected chi connectivity index (χ3v) is 6.66. The van der Waals surface area contributed by atoms with Crippen LogP contribution in [-0.2, 0) is 24.9 Å². The highest BCUT2D eigenvalue weighted by atomic mass is 16.5. The van der Waals surface area contributed by atoms with Crippen LogP contribution in [0.1, 0.15) is 58.9 Å². The smallest absolute Gasteiger partial charge is 0.150 e. The highest BCUT2D eigenvalue weighted by Gasteiger charge is 2.15. The lowest BCUT2D eigenvalue weighted by atomic mass is 9.86. The molecule has 37 heavy (non-hydrogen) atoms. The third-order valence-electron chi connectivity index (χ3n) is 6.66. The topological polar surface area (TPSA) is 29.5 Å². The van der Waals surface area contributed by atoms with Gasteiger partial charge in [-0.25, -0.2) is 0 Å². The number of carbonyl (C=O) groups is 1. The van der Waals surface area contributed by atoms with Crippen LogP contribution in [0.3, 0.4) is 0 Å². The van der Waals surface area contributed by atoms with E-state index in [-0.39, 0.29) is 5.41 Å². The Morgan fingerprint density at radius 2 is 1.30 bits per heavy atom. The molecule has 0 radical (unpaired) electrons.